The molecule has 0 aromatic heterocycles. The van der Waals surface area contributed by atoms with Crippen LogP contribution in [0.1, 0.15) is 26.7 Å². The molecule has 7 nitrogen and oxygen atoms in total. The van der Waals surface area contributed by atoms with Gasteiger partial charge in [-0.05, 0) is 26.3 Å². The second-order valence-corrected chi connectivity index (χ2v) is 7.04. The lowest BCUT2D eigenvalue weighted by Crippen LogP contribution is -2.43. The van der Waals surface area contributed by atoms with Crippen molar-refractivity contribution in [2.45, 2.75) is 44.2 Å². The van der Waals surface area contributed by atoms with Crippen molar-refractivity contribution in [3.8, 4) is 6.07 Å². The SMILES string of the molecule is CC(C)(C=C(C#N)C(=O)N1CCC(NC(=O)O)C1)N1CCC(F)(F)C1. The summed E-state index contributed by atoms with van der Waals surface area (Å²) in [7, 11) is 0. The summed E-state index contributed by atoms with van der Waals surface area (Å²) in [6, 6.07) is 1.48. The summed E-state index contributed by atoms with van der Waals surface area (Å²) in [4.78, 5) is 26.1. The van der Waals surface area contributed by atoms with Crippen molar-refractivity contribution in [3.63, 3.8) is 0 Å². The van der Waals surface area contributed by atoms with Crippen molar-refractivity contribution in [1.82, 2.24) is 15.1 Å². The van der Waals surface area contributed by atoms with Crippen molar-refractivity contribution < 1.29 is 23.5 Å². The monoisotopic (exact) mass is 356 g/mol. The molecule has 2 fully saturated rings. The van der Waals surface area contributed by atoms with Gasteiger partial charge in [0.05, 0.1) is 12.6 Å². The third-order valence-electron chi connectivity index (χ3n) is 4.64. The predicted octanol–water partition coefficient (Wildman–Crippen LogP) is 1.42. The smallest absolute Gasteiger partial charge is 0.404 e. The van der Waals surface area contributed by atoms with Gasteiger partial charge >= 0.3 is 6.09 Å². The molecule has 0 aromatic carbocycles. The number of hydrogen-bond acceptors (Lipinski definition) is 4. The molecule has 0 spiro atoms. The Hall–Kier alpha value is -2.21. The Kier molecular flexibility index (Phi) is 5.32. The predicted molar refractivity (Wildman–Crippen MR) is 85.1 cm³/mol. The Balaban J connectivity index is 2.08. The normalized spacial score (nSPS) is 24.2. The van der Waals surface area contributed by atoms with Crippen LogP contribution in [0.2, 0.25) is 0 Å². The molecule has 2 heterocycles. The quantitative estimate of drug-likeness (QED) is 0.587. The van der Waals surface area contributed by atoms with Gasteiger partial charge in [-0.1, -0.05) is 0 Å². The van der Waals surface area contributed by atoms with E-state index in [0.717, 1.165) is 0 Å². The average molecular weight is 356 g/mol. The number of nitrogens with one attached hydrogen (secondary N) is 1. The van der Waals surface area contributed by atoms with Crippen molar-refractivity contribution >= 4 is 12.0 Å². The summed E-state index contributed by atoms with van der Waals surface area (Å²) in [6.45, 7) is 3.70. The molecule has 1 unspecified atom stereocenters. The molecule has 0 radical (unpaired) electrons. The molecule has 9 heteroatoms. The van der Waals surface area contributed by atoms with E-state index in [1.54, 1.807) is 18.7 Å². The van der Waals surface area contributed by atoms with Gasteiger partial charge in [0.1, 0.15) is 11.6 Å². The van der Waals surface area contributed by atoms with Crippen LogP contribution in [0.4, 0.5) is 13.6 Å². The summed E-state index contributed by atoms with van der Waals surface area (Å²) >= 11 is 0. The second kappa shape index (κ2) is 6.96. The highest BCUT2D eigenvalue weighted by Gasteiger charge is 2.43. The van der Waals surface area contributed by atoms with Crippen LogP contribution in [0.25, 0.3) is 0 Å². The van der Waals surface area contributed by atoms with Crippen molar-refractivity contribution in [1.29, 1.82) is 5.26 Å². The minimum absolute atomic E-state index is 0.115. The number of nitrogens with zero attached hydrogens (tertiary/aromatic N) is 3. The fourth-order valence-electron chi connectivity index (χ4n) is 3.22. The Morgan fingerprint density at radius 1 is 1.40 bits per heavy atom. The first kappa shape index (κ1) is 19.1. The lowest BCUT2D eigenvalue weighted by atomic mass is 9.99. The van der Waals surface area contributed by atoms with E-state index >= 15 is 0 Å². The van der Waals surface area contributed by atoms with Crippen LogP contribution in [-0.2, 0) is 4.79 Å². The van der Waals surface area contributed by atoms with E-state index < -0.39 is 30.0 Å². The topological polar surface area (TPSA) is 96.7 Å². The fourth-order valence-corrected chi connectivity index (χ4v) is 3.22. The first-order chi connectivity index (χ1) is 11.5. The second-order valence-electron chi connectivity index (χ2n) is 7.04. The summed E-state index contributed by atoms with van der Waals surface area (Å²) < 4.78 is 26.9. The molecular formula is C16H22F2N4O3. The fraction of sp³-hybridized carbons (Fsp3) is 0.688. The zero-order chi connectivity index (χ0) is 18.8. The van der Waals surface area contributed by atoms with Crippen LogP contribution in [-0.4, -0.2) is 70.6 Å². The summed E-state index contributed by atoms with van der Waals surface area (Å²) in [5.41, 5.74) is -0.977. The minimum atomic E-state index is -2.76. The zero-order valence-electron chi connectivity index (χ0n) is 14.3. The highest BCUT2D eigenvalue weighted by Crippen LogP contribution is 2.33. The number of nitriles is 1. The Bertz CT molecular complexity index is 627. The molecule has 138 valence electrons. The maximum atomic E-state index is 13.4. The van der Waals surface area contributed by atoms with Gasteiger partial charge in [-0.2, -0.15) is 5.26 Å². The van der Waals surface area contributed by atoms with Crippen LogP contribution in [0.3, 0.4) is 0 Å². The molecule has 0 saturated carbocycles. The number of hydrogen-bond donors (Lipinski definition) is 2. The van der Waals surface area contributed by atoms with Crippen LogP contribution in [0.5, 0.6) is 0 Å². The lowest BCUT2D eigenvalue weighted by molar-refractivity contribution is -0.125. The molecule has 0 bridgehead atoms. The molecule has 2 aliphatic rings. The van der Waals surface area contributed by atoms with E-state index in [1.165, 1.54) is 11.0 Å². The van der Waals surface area contributed by atoms with Gasteiger partial charge in [0.2, 0.25) is 0 Å². The Labute approximate surface area is 144 Å². The third kappa shape index (κ3) is 4.66. The number of likely N-dealkylation sites (tertiary alicyclic amines) is 2. The van der Waals surface area contributed by atoms with E-state index in [1.807, 2.05) is 6.07 Å². The van der Waals surface area contributed by atoms with Gasteiger partial charge in [-0.3, -0.25) is 9.69 Å². The van der Waals surface area contributed by atoms with Gasteiger partial charge in [0, 0.05) is 31.6 Å². The van der Waals surface area contributed by atoms with E-state index in [0.29, 0.717) is 13.0 Å². The van der Waals surface area contributed by atoms with Gasteiger partial charge in [0.25, 0.3) is 11.8 Å². The number of halogens is 2. The van der Waals surface area contributed by atoms with E-state index in [2.05, 4.69) is 5.32 Å². The van der Waals surface area contributed by atoms with Crippen LogP contribution >= 0.6 is 0 Å². The van der Waals surface area contributed by atoms with E-state index in [-0.39, 0.29) is 31.1 Å². The molecule has 2 rings (SSSR count). The molecule has 2 aliphatic heterocycles. The Morgan fingerprint density at radius 2 is 2.08 bits per heavy atom. The minimum Gasteiger partial charge on any atom is -0.465 e. The van der Waals surface area contributed by atoms with Crippen molar-refractivity contribution in [2.75, 3.05) is 26.2 Å². The highest BCUT2D eigenvalue weighted by atomic mass is 19.3. The van der Waals surface area contributed by atoms with Crippen molar-refractivity contribution in [3.05, 3.63) is 11.6 Å². The number of carbonyl (C=O) groups is 2. The molecule has 2 amide bonds. The summed E-state index contributed by atoms with van der Waals surface area (Å²) in [5, 5.41) is 20.4. The van der Waals surface area contributed by atoms with Crippen molar-refractivity contribution in [2.24, 2.45) is 0 Å². The maximum Gasteiger partial charge on any atom is 0.404 e. The standard InChI is InChI=1S/C16H22F2N4O3/c1-15(2,22-6-4-16(17,18)10-22)7-11(8-19)13(23)21-5-3-12(9-21)20-14(24)25/h7,12,20H,3-6,9-10H2,1-2H3,(H,24,25). The molecule has 0 aromatic rings. The maximum absolute atomic E-state index is 13.4. The molecule has 0 aliphatic carbocycles. The highest BCUT2D eigenvalue weighted by molar-refractivity contribution is 5.97. The van der Waals surface area contributed by atoms with Crippen LogP contribution in [0, 0.1) is 11.3 Å². The number of alkyl halides is 2. The van der Waals surface area contributed by atoms with Crippen LogP contribution in [0.15, 0.2) is 11.6 Å². The number of carboxylic acid groups (broad SMARTS) is 1. The average Bonchev–Trinajstić information content (AvgIpc) is 3.10. The zero-order valence-corrected chi connectivity index (χ0v) is 14.3. The molecule has 2 saturated heterocycles. The molecule has 25 heavy (non-hydrogen) atoms. The van der Waals surface area contributed by atoms with Gasteiger partial charge in [-0.15, -0.1) is 0 Å². The molecule has 2 N–H and O–H groups in total. The summed E-state index contributed by atoms with van der Waals surface area (Å²) in [6.07, 6.45) is 0.494. The molecular weight excluding hydrogens is 334 g/mol. The van der Waals surface area contributed by atoms with Gasteiger partial charge < -0.3 is 15.3 Å². The van der Waals surface area contributed by atoms with E-state index in [9.17, 15) is 23.6 Å². The van der Waals surface area contributed by atoms with E-state index in [4.69, 9.17) is 5.11 Å². The number of rotatable bonds is 4. The van der Waals surface area contributed by atoms with Crippen LogP contribution < -0.4 is 5.32 Å². The van der Waals surface area contributed by atoms with Gasteiger partial charge in [0.15, 0.2) is 0 Å². The summed E-state index contributed by atoms with van der Waals surface area (Å²) in [5.74, 6) is -3.26. The lowest BCUT2D eigenvalue weighted by Gasteiger charge is -2.33. The molecule has 1 atom stereocenters. The van der Waals surface area contributed by atoms with Gasteiger partial charge in [-0.25, -0.2) is 13.6 Å². The first-order valence-corrected chi connectivity index (χ1v) is 8.09. The largest absolute Gasteiger partial charge is 0.465 e. The number of amides is 2. The first-order valence-electron chi connectivity index (χ1n) is 8.09. The Morgan fingerprint density at radius 3 is 2.60 bits per heavy atom. The number of carbonyl (C=O) groups excluding carboxylic acids is 1. The third-order valence-corrected chi connectivity index (χ3v) is 4.64.